The molecule has 0 saturated carbocycles. The molecule has 106 valence electrons. The minimum atomic E-state index is -0.205. The second kappa shape index (κ2) is 6.92. The molecule has 0 aromatic heterocycles. The Kier molecular flexibility index (Phi) is 5.23. The lowest BCUT2D eigenvalue weighted by Crippen LogP contribution is -2.31. The lowest BCUT2D eigenvalue weighted by Gasteiger charge is -2.26. The van der Waals surface area contributed by atoms with Gasteiger partial charge >= 0.3 is 0 Å². The van der Waals surface area contributed by atoms with Crippen molar-refractivity contribution >= 4 is 0 Å². The van der Waals surface area contributed by atoms with Crippen molar-refractivity contribution in [2.45, 2.75) is 45.3 Å². The minimum absolute atomic E-state index is 0.205. The first-order chi connectivity index (χ1) is 9.24. The number of β-amino-alcohol motifs (C(OH)–C–C–N with tert-alkyl or cyclic N) is 1. The SMILES string of the molecule is CCOc1ccc(C2CCCN2CC(O)CC)cc1. The van der Waals surface area contributed by atoms with E-state index in [9.17, 15) is 5.11 Å². The normalized spacial score (nSPS) is 21.5. The molecule has 0 aliphatic carbocycles. The summed E-state index contributed by atoms with van der Waals surface area (Å²) in [6.45, 7) is 6.62. The summed E-state index contributed by atoms with van der Waals surface area (Å²) in [5.74, 6) is 0.935. The molecule has 1 aliphatic heterocycles. The number of aliphatic hydroxyl groups is 1. The van der Waals surface area contributed by atoms with Crippen LogP contribution in [-0.2, 0) is 0 Å². The molecular weight excluding hydrogens is 238 g/mol. The third kappa shape index (κ3) is 3.71. The summed E-state index contributed by atoms with van der Waals surface area (Å²) in [6, 6.07) is 8.87. The second-order valence-corrected chi connectivity index (χ2v) is 5.22. The molecule has 1 aromatic rings. The molecule has 1 aromatic carbocycles. The van der Waals surface area contributed by atoms with Crippen LogP contribution in [0.15, 0.2) is 24.3 Å². The molecule has 0 amide bonds. The number of rotatable bonds is 6. The maximum absolute atomic E-state index is 9.84. The van der Waals surface area contributed by atoms with Gasteiger partial charge in [0, 0.05) is 12.6 Å². The molecule has 1 heterocycles. The number of benzene rings is 1. The van der Waals surface area contributed by atoms with Crippen LogP contribution in [-0.4, -0.2) is 35.8 Å². The van der Waals surface area contributed by atoms with E-state index in [1.165, 1.54) is 18.4 Å². The number of hydrogen-bond acceptors (Lipinski definition) is 3. The Balaban J connectivity index is 2.02. The Morgan fingerprint density at radius 1 is 1.32 bits per heavy atom. The summed E-state index contributed by atoms with van der Waals surface area (Å²) in [7, 11) is 0. The van der Waals surface area contributed by atoms with E-state index in [4.69, 9.17) is 4.74 Å². The summed E-state index contributed by atoms with van der Waals surface area (Å²) in [5, 5.41) is 9.84. The molecule has 2 atom stereocenters. The van der Waals surface area contributed by atoms with Crippen molar-refractivity contribution in [3.63, 3.8) is 0 Å². The molecule has 3 heteroatoms. The van der Waals surface area contributed by atoms with Gasteiger partial charge in [-0.15, -0.1) is 0 Å². The first-order valence-electron chi connectivity index (χ1n) is 7.39. The van der Waals surface area contributed by atoms with E-state index in [-0.39, 0.29) is 6.10 Å². The van der Waals surface area contributed by atoms with Gasteiger partial charge in [0.05, 0.1) is 12.7 Å². The van der Waals surface area contributed by atoms with Crippen LogP contribution in [0.4, 0.5) is 0 Å². The Labute approximate surface area is 116 Å². The molecule has 0 bridgehead atoms. The molecule has 0 radical (unpaired) electrons. The predicted molar refractivity (Wildman–Crippen MR) is 77.5 cm³/mol. The van der Waals surface area contributed by atoms with Crippen molar-refractivity contribution in [2.75, 3.05) is 19.7 Å². The zero-order chi connectivity index (χ0) is 13.7. The highest BCUT2D eigenvalue weighted by molar-refractivity contribution is 5.29. The molecule has 19 heavy (non-hydrogen) atoms. The van der Waals surface area contributed by atoms with Crippen molar-refractivity contribution in [3.8, 4) is 5.75 Å². The fourth-order valence-electron chi connectivity index (χ4n) is 2.77. The molecule has 1 N–H and O–H groups in total. The minimum Gasteiger partial charge on any atom is -0.494 e. The number of ether oxygens (including phenoxy) is 1. The molecular formula is C16H25NO2. The van der Waals surface area contributed by atoms with Gasteiger partial charge in [0.1, 0.15) is 5.75 Å². The molecule has 2 unspecified atom stereocenters. The van der Waals surface area contributed by atoms with Gasteiger partial charge in [0.2, 0.25) is 0 Å². The van der Waals surface area contributed by atoms with E-state index in [0.717, 1.165) is 25.3 Å². The van der Waals surface area contributed by atoms with Crippen molar-refractivity contribution in [1.29, 1.82) is 0 Å². The summed E-state index contributed by atoms with van der Waals surface area (Å²) < 4.78 is 5.48. The van der Waals surface area contributed by atoms with Gasteiger partial charge in [-0.05, 0) is 50.4 Å². The van der Waals surface area contributed by atoms with Crippen molar-refractivity contribution in [2.24, 2.45) is 0 Å². The van der Waals surface area contributed by atoms with E-state index < -0.39 is 0 Å². The van der Waals surface area contributed by atoms with Crippen LogP contribution in [0, 0.1) is 0 Å². The first-order valence-corrected chi connectivity index (χ1v) is 7.39. The van der Waals surface area contributed by atoms with E-state index >= 15 is 0 Å². The van der Waals surface area contributed by atoms with Crippen molar-refractivity contribution in [1.82, 2.24) is 4.90 Å². The maximum atomic E-state index is 9.84. The highest BCUT2D eigenvalue weighted by atomic mass is 16.5. The molecule has 3 nitrogen and oxygen atoms in total. The van der Waals surface area contributed by atoms with Gasteiger partial charge < -0.3 is 9.84 Å². The fraction of sp³-hybridized carbons (Fsp3) is 0.625. The average molecular weight is 263 g/mol. The summed E-state index contributed by atoms with van der Waals surface area (Å²) in [4.78, 5) is 2.41. The zero-order valence-corrected chi connectivity index (χ0v) is 12.0. The number of likely N-dealkylation sites (tertiary alicyclic amines) is 1. The second-order valence-electron chi connectivity index (χ2n) is 5.22. The number of aliphatic hydroxyl groups excluding tert-OH is 1. The predicted octanol–water partition coefficient (Wildman–Crippen LogP) is 2.99. The lowest BCUT2D eigenvalue weighted by molar-refractivity contribution is 0.103. The Bertz CT molecular complexity index is 377. The fourth-order valence-corrected chi connectivity index (χ4v) is 2.77. The monoisotopic (exact) mass is 263 g/mol. The van der Waals surface area contributed by atoms with Gasteiger partial charge in [-0.3, -0.25) is 4.90 Å². The van der Waals surface area contributed by atoms with E-state index in [1.807, 2.05) is 26.0 Å². The average Bonchev–Trinajstić information content (AvgIpc) is 2.88. The molecule has 1 aliphatic rings. The zero-order valence-electron chi connectivity index (χ0n) is 12.0. The highest BCUT2D eigenvalue weighted by Crippen LogP contribution is 2.32. The van der Waals surface area contributed by atoms with Crippen LogP contribution in [0.3, 0.4) is 0 Å². The maximum Gasteiger partial charge on any atom is 0.119 e. The number of hydrogen-bond donors (Lipinski definition) is 1. The molecule has 2 rings (SSSR count). The smallest absolute Gasteiger partial charge is 0.119 e. The first kappa shape index (κ1) is 14.4. The lowest BCUT2D eigenvalue weighted by atomic mass is 10.0. The summed E-state index contributed by atoms with van der Waals surface area (Å²) in [5.41, 5.74) is 1.34. The number of nitrogens with zero attached hydrogens (tertiary/aromatic N) is 1. The van der Waals surface area contributed by atoms with Crippen molar-refractivity contribution in [3.05, 3.63) is 29.8 Å². The van der Waals surface area contributed by atoms with Gasteiger partial charge in [-0.1, -0.05) is 19.1 Å². The Morgan fingerprint density at radius 2 is 2.05 bits per heavy atom. The van der Waals surface area contributed by atoms with E-state index in [2.05, 4.69) is 17.0 Å². The standard InChI is InChI=1S/C16H25NO2/c1-3-14(18)12-17-11-5-6-16(17)13-7-9-15(10-8-13)19-4-2/h7-10,14,16,18H,3-6,11-12H2,1-2H3. The van der Waals surface area contributed by atoms with Gasteiger partial charge in [0.15, 0.2) is 0 Å². The van der Waals surface area contributed by atoms with Crippen molar-refractivity contribution < 1.29 is 9.84 Å². The van der Waals surface area contributed by atoms with Gasteiger partial charge in [0.25, 0.3) is 0 Å². The quantitative estimate of drug-likeness (QED) is 0.856. The summed E-state index contributed by atoms with van der Waals surface area (Å²) >= 11 is 0. The van der Waals surface area contributed by atoms with Crippen LogP contribution in [0.1, 0.15) is 44.7 Å². The van der Waals surface area contributed by atoms with Crippen LogP contribution in [0.5, 0.6) is 5.75 Å². The van der Waals surface area contributed by atoms with Crippen LogP contribution >= 0.6 is 0 Å². The Hall–Kier alpha value is -1.06. The largest absolute Gasteiger partial charge is 0.494 e. The topological polar surface area (TPSA) is 32.7 Å². The molecule has 0 spiro atoms. The third-order valence-electron chi connectivity index (χ3n) is 3.86. The highest BCUT2D eigenvalue weighted by Gasteiger charge is 2.26. The van der Waals surface area contributed by atoms with Gasteiger partial charge in [-0.25, -0.2) is 0 Å². The van der Waals surface area contributed by atoms with Gasteiger partial charge in [-0.2, -0.15) is 0 Å². The van der Waals surface area contributed by atoms with E-state index in [0.29, 0.717) is 12.6 Å². The summed E-state index contributed by atoms with van der Waals surface area (Å²) in [6.07, 6.45) is 3.02. The van der Waals surface area contributed by atoms with Crippen LogP contribution in [0.2, 0.25) is 0 Å². The van der Waals surface area contributed by atoms with Crippen LogP contribution in [0.25, 0.3) is 0 Å². The third-order valence-corrected chi connectivity index (χ3v) is 3.86. The molecule has 1 fully saturated rings. The van der Waals surface area contributed by atoms with E-state index in [1.54, 1.807) is 0 Å². The Morgan fingerprint density at radius 3 is 2.68 bits per heavy atom. The molecule has 1 saturated heterocycles. The van der Waals surface area contributed by atoms with Crippen LogP contribution < -0.4 is 4.74 Å².